The molecule has 1 fully saturated rings. The van der Waals surface area contributed by atoms with Crippen LogP contribution in [0.4, 0.5) is 0 Å². The minimum Gasteiger partial charge on any atom is -0.314 e. The lowest BCUT2D eigenvalue weighted by Gasteiger charge is -2.35. The molecule has 0 radical (unpaired) electrons. The van der Waals surface area contributed by atoms with Gasteiger partial charge in [0.25, 0.3) is 0 Å². The molecule has 0 spiro atoms. The highest BCUT2D eigenvalue weighted by Gasteiger charge is 2.20. The molecule has 84 valence electrons. The Bertz CT molecular complexity index is 132. The third-order valence-electron chi connectivity index (χ3n) is 3.25. The number of unbranched alkanes of at least 4 members (excludes halogenated alkanes) is 5. The first kappa shape index (κ1) is 12.0. The molecule has 2 nitrogen and oxygen atoms in total. The zero-order chi connectivity index (χ0) is 10.2. The van der Waals surface area contributed by atoms with Gasteiger partial charge in [0.2, 0.25) is 0 Å². The van der Waals surface area contributed by atoms with Crippen molar-refractivity contribution in [1.29, 1.82) is 0 Å². The lowest BCUT2D eigenvalue weighted by atomic mass is 10.1. The molecule has 0 saturated carbocycles. The normalized spacial score (nSPS) is 17.4. The third-order valence-corrected chi connectivity index (χ3v) is 3.25. The van der Waals surface area contributed by atoms with E-state index in [0.29, 0.717) is 0 Å². The Labute approximate surface area is 89.1 Å². The summed E-state index contributed by atoms with van der Waals surface area (Å²) in [5, 5.41) is 3.32. The van der Waals surface area contributed by atoms with E-state index >= 15 is 0 Å². The van der Waals surface area contributed by atoms with Gasteiger partial charge in [-0.25, -0.2) is 0 Å². The van der Waals surface area contributed by atoms with Gasteiger partial charge < -0.3 is 10.2 Å². The predicted molar refractivity (Wildman–Crippen MR) is 62.7 cm³/mol. The van der Waals surface area contributed by atoms with Crippen LogP contribution in [0.25, 0.3) is 0 Å². The van der Waals surface area contributed by atoms with E-state index in [0.717, 1.165) is 6.04 Å². The molecule has 0 atom stereocenters. The number of nitrogens with zero attached hydrogens (tertiary/aromatic N) is 1. The van der Waals surface area contributed by atoms with Gasteiger partial charge in [-0.3, -0.25) is 0 Å². The van der Waals surface area contributed by atoms with E-state index in [1.165, 1.54) is 58.2 Å². The van der Waals surface area contributed by atoms with Gasteiger partial charge in [0.05, 0.1) is 0 Å². The van der Waals surface area contributed by atoms with Crippen molar-refractivity contribution in [2.45, 2.75) is 51.5 Å². The Morgan fingerprint density at radius 1 is 1.07 bits per heavy atom. The van der Waals surface area contributed by atoms with Gasteiger partial charge in [-0.1, -0.05) is 39.0 Å². The zero-order valence-electron chi connectivity index (χ0n) is 9.89. The second-order valence-corrected chi connectivity index (χ2v) is 4.56. The lowest BCUT2D eigenvalue weighted by Crippen LogP contribution is -2.55. The van der Waals surface area contributed by atoms with Gasteiger partial charge in [-0.2, -0.15) is 0 Å². The van der Waals surface area contributed by atoms with Crippen molar-refractivity contribution in [2.24, 2.45) is 0 Å². The molecule has 0 bridgehead atoms. The summed E-state index contributed by atoms with van der Waals surface area (Å²) < 4.78 is 0. The van der Waals surface area contributed by atoms with Crippen LogP contribution in [0.3, 0.4) is 0 Å². The highest BCUT2D eigenvalue weighted by molar-refractivity contribution is 4.82. The predicted octanol–water partition coefficient (Wildman–Crippen LogP) is 2.25. The van der Waals surface area contributed by atoms with Gasteiger partial charge in [0.1, 0.15) is 0 Å². The summed E-state index contributed by atoms with van der Waals surface area (Å²) in [4.78, 5) is 2.51. The Kier molecular flexibility index (Phi) is 6.20. The second-order valence-electron chi connectivity index (χ2n) is 4.56. The average Bonchev–Trinajstić information content (AvgIpc) is 2.08. The van der Waals surface area contributed by atoms with Gasteiger partial charge in [-0.15, -0.1) is 0 Å². The van der Waals surface area contributed by atoms with Crippen molar-refractivity contribution in [3.05, 3.63) is 0 Å². The van der Waals surface area contributed by atoms with E-state index in [1.54, 1.807) is 0 Å². The molecule has 0 amide bonds. The quantitative estimate of drug-likeness (QED) is 0.602. The standard InChI is InChI=1S/C12H26N2/c1-3-4-5-6-7-8-9-14(2)12-10-13-11-12/h12-13H,3-11H2,1-2H3. The van der Waals surface area contributed by atoms with E-state index in [-0.39, 0.29) is 0 Å². The lowest BCUT2D eigenvalue weighted by molar-refractivity contribution is 0.177. The third kappa shape index (κ3) is 4.43. The monoisotopic (exact) mass is 198 g/mol. The van der Waals surface area contributed by atoms with Gasteiger partial charge >= 0.3 is 0 Å². The van der Waals surface area contributed by atoms with Crippen molar-refractivity contribution in [3.63, 3.8) is 0 Å². The number of likely N-dealkylation sites (N-methyl/N-ethyl adjacent to an activating group) is 1. The number of hydrogen-bond donors (Lipinski definition) is 1. The number of hydrogen-bond acceptors (Lipinski definition) is 2. The summed E-state index contributed by atoms with van der Waals surface area (Å²) in [6.07, 6.45) is 8.45. The van der Waals surface area contributed by atoms with Crippen LogP contribution in [-0.2, 0) is 0 Å². The van der Waals surface area contributed by atoms with Gasteiger partial charge in [-0.05, 0) is 20.0 Å². The molecule has 0 aromatic heterocycles. The summed E-state index contributed by atoms with van der Waals surface area (Å²) in [6, 6.07) is 0.825. The van der Waals surface area contributed by atoms with Crippen molar-refractivity contribution in [2.75, 3.05) is 26.7 Å². The minimum absolute atomic E-state index is 0.825. The summed E-state index contributed by atoms with van der Waals surface area (Å²) in [5.41, 5.74) is 0. The molecule has 1 rings (SSSR count). The summed E-state index contributed by atoms with van der Waals surface area (Å²) in [5.74, 6) is 0. The maximum absolute atomic E-state index is 3.32. The Hall–Kier alpha value is -0.0800. The van der Waals surface area contributed by atoms with E-state index in [1.807, 2.05) is 0 Å². The SMILES string of the molecule is CCCCCCCCN(C)C1CNC1. The molecule has 1 N–H and O–H groups in total. The van der Waals surface area contributed by atoms with Crippen molar-refractivity contribution < 1.29 is 0 Å². The number of rotatable bonds is 8. The minimum atomic E-state index is 0.825. The highest BCUT2D eigenvalue weighted by atomic mass is 15.2. The van der Waals surface area contributed by atoms with Crippen molar-refractivity contribution in [3.8, 4) is 0 Å². The number of nitrogens with one attached hydrogen (secondary N) is 1. The van der Waals surface area contributed by atoms with Crippen LogP contribution in [-0.4, -0.2) is 37.6 Å². The topological polar surface area (TPSA) is 15.3 Å². The molecule has 0 unspecified atom stereocenters. The fourth-order valence-corrected chi connectivity index (χ4v) is 1.91. The van der Waals surface area contributed by atoms with Crippen LogP contribution in [0.5, 0.6) is 0 Å². The molecule has 0 aromatic carbocycles. The zero-order valence-corrected chi connectivity index (χ0v) is 9.89. The molecule has 14 heavy (non-hydrogen) atoms. The van der Waals surface area contributed by atoms with Crippen LogP contribution in [0, 0.1) is 0 Å². The Morgan fingerprint density at radius 3 is 2.29 bits per heavy atom. The molecular formula is C12H26N2. The van der Waals surface area contributed by atoms with Crippen molar-refractivity contribution >= 4 is 0 Å². The smallest absolute Gasteiger partial charge is 0.0342 e. The van der Waals surface area contributed by atoms with Crippen LogP contribution in [0.15, 0.2) is 0 Å². The van der Waals surface area contributed by atoms with Crippen LogP contribution < -0.4 is 5.32 Å². The van der Waals surface area contributed by atoms with E-state index in [2.05, 4.69) is 24.2 Å². The van der Waals surface area contributed by atoms with E-state index in [9.17, 15) is 0 Å². The van der Waals surface area contributed by atoms with Gasteiger partial charge in [0, 0.05) is 19.1 Å². The summed E-state index contributed by atoms with van der Waals surface area (Å²) >= 11 is 0. The fraction of sp³-hybridized carbons (Fsp3) is 1.00. The molecule has 0 aromatic rings. The fourth-order valence-electron chi connectivity index (χ4n) is 1.91. The Balaban J connectivity index is 1.82. The van der Waals surface area contributed by atoms with E-state index in [4.69, 9.17) is 0 Å². The van der Waals surface area contributed by atoms with Crippen LogP contribution >= 0.6 is 0 Å². The van der Waals surface area contributed by atoms with Crippen molar-refractivity contribution in [1.82, 2.24) is 10.2 Å². The second kappa shape index (κ2) is 7.24. The van der Waals surface area contributed by atoms with Crippen LogP contribution in [0.2, 0.25) is 0 Å². The summed E-state index contributed by atoms with van der Waals surface area (Å²) in [7, 11) is 2.26. The first-order chi connectivity index (χ1) is 6.84. The molecule has 1 aliphatic heterocycles. The molecule has 1 aliphatic rings. The maximum Gasteiger partial charge on any atom is 0.0342 e. The Morgan fingerprint density at radius 2 is 1.71 bits per heavy atom. The molecule has 1 heterocycles. The average molecular weight is 198 g/mol. The van der Waals surface area contributed by atoms with Gasteiger partial charge in [0.15, 0.2) is 0 Å². The van der Waals surface area contributed by atoms with Crippen LogP contribution in [0.1, 0.15) is 45.4 Å². The largest absolute Gasteiger partial charge is 0.314 e. The first-order valence-electron chi connectivity index (χ1n) is 6.25. The molecule has 1 saturated heterocycles. The molecule has 0 aliphatic carbocycles. The molecule has 2 heteroatoms. The first-order valence-corrected chi connectivity index (χ1v) is 6.25. The summed E-state index contributed by atoms with van der Waals surface area (Å²) in [6.45, 7) is 5.97. The molecular weight excluding hydrogens is 172 g/mol. The highest BCUT2D eigenvalue weighted by Crippen LogP contribution is 2.08. The maximum atomic E-state index is 3.32. The van der Waals surface area contributed by atoms with E-state index < -0.39 is 0 Å².